The molecule has 12 nitrogen and oxygen atoms in total. The Bertz CT molecular complexity index is 1410. The second-order valence-electron chi connectivity index (χ2n) is 8.71. The van der Waals surface area contributed by atoms with Crippen LogP contribution in [0.4, 0.5) is 0 Å². The highest BCUT2D eigenvalue weighted by molar-refractivity contribution is 7.89. The third-order valence-electron chi connectivity index (χ3n) is 6.07. The second kappa shape index (κ2) is 11.9. The Hall–Kier alpha value is -2.78. The minimum Gasteiger partial charge on any atom is -0.478 e. The molecule has 2 aromatic carbocycles. The third-order valence-corrected chi connectivity index (χ3v) is 8.52. The highest BCUT2D eigenvalue weighted by Crippen LogP contribution is 2.30. The van der Waals surface area contributed by atoms with Crippen LogP contribution in [-0.4, -0.2) is 67.2 Å². The van der Waals surface area contributed by atoms with Gasteiger partial charge in [-0.2, -0.15) is 9.82 Å². The van der Waals surface area contributed by atoms with Crippen molar-refractivity contribution in [3.63, 3.8) is 0 Å². The Labute approximate surface area is 228 Å². The molecule has 204 valence electrons. The van der Waals surface area contributed by atoms with Gasteiger partial charge in [0, 0.05) is 18.5 Å². The standard InChI is InChI=1S/C23H27Cl2N7O5S/c24-16-6-4-7-17(25)19(16)38(36,37)32-23(21(34)35,9-1-2-10-26-22-27-11-12-28-22)30-20(33)14-5-3-8-18-15(14)13-29-31-18/h3-8,13,22,26-28,32H,1-2,9-12H2,(H,29,31)(H,30,33)(H,34,35). The first-order chi connectivity index (χ1) is 18.1. The molecule has 0 aliphatic carbocycles. The van der Waals surface area contributed by atoms with Crippen molar-refractivity contribution < 1.29 is 23.1 Å². The van der Waals surface area contributed by atoms with E-state index in [4.69, 9.17) is 23.2 Å². The molecule has 0 bridgehead atoms. The maximum atomic E-state index is 13.4. The predicted molar refractivity (Wildman–Crippen MR) is 142 cm³/mol. The number of carboxylic acid groups (broad SMARTS) is 1. The van der Waals surface area contributed by atoms with Crippen LogP contribution in [0.2, 0.25) is 10.0 Å². The number of carbonyl (C=O) groups is 2. The van der Waals surface area contributed by atoms with E-state index in [1.807, 2.05) is 0 Å². The van der Waals surface area contributed by atoms with E-state index in [9.17, 15) is 23.1 Å². The molecule has 38 heavy (non-hydrogen) atoms. The summed E-state index contributed by atoms with van der Waals surface area (Å²) in [6.45, 7) is 2.16. The molecule has 3 aromatic rings. The minimum absolute atomic E-state index is 0.0600. The quantitative estimate of drug-likeness (QED) is 0.123. The van der Waals surface area contributed by atoms with Crippen molar-refractivity contribution in [1.82, 2.24) is 36.2 Å². The number of fused-ring (bicyclic) bond motifs is 1. The number of nitrogens with one attached hydrogen (secondary N) is 6. The van der Waals surface area contributed by atoms with Gasteiger partial charge in [0.05, 0.1) is 27.3 Å². The molecule has 0 saturated carbocycles. The number of H-pyrrole nitrogens is 1. The zero-order valence-corrected chi connectivity index (χ0v) is 22.4. The normalized spacial score (nSPS) is 15.9. The summed E-state index contributed by atoms with van der Waals surface area (Å²) in [7, 11) is -4.60. The summed E-state index contributed by atoms with van der Waals surface area (Å²) < 4.78 is 29.0. The summed E-state index contributed by atoms with van der Waals surface area (Å²) in [5.41, 5.74) is -1.73. The summed E-state index contributed by atoms with van der Waals surface area (Å²) in [4.78, 5) is 25.6. The number of nitrogens with zero attached hydrogens (tertiary/aromatic N) is 1. The Morgan fingerprint density at radius 1 is 1.08 bits per heavy atom. The van der Waals surface area contributed by atoms with Gasteiger partial charge in [-0.1, -0.05) is 35.3 Å². The average Bonchev–Trinajstić information content (AvgIpc) is 3.55. The summed E-state index contributed by atoms with van der Waals surface area (Å²) in [5, 5.41) is 29.1. The second-order valence-corrected chi connectivity index (χ2v) is 11.1. The number of aromatic nitrogens is 2. The van der Waals surface area contributed by atoms with E-state index in [1.165, 1.54) is 30.5 Å². The summed E-state index contributed by atoms with van der Waals surface area (Å²) >= 11 is 12.2. The van der Waals surface area contributed by atoms with Gasteiger partial charge in [0.15, 0.2) is 0 Å². The fourth-order valence-electron chi connectivity index (χ4n) is 4.20. The van der Waals surface area contributed by atoms with Gasteiger partial charge in [-0.25, -0.2) is 13.2 Å². The van der Waals surface area contributed by atoms with E-state index in [0.717, 1.165) is 13.1 Å². The molecule has 1 aliphatic rings. The highest BCUT2D eigenvalue weighted by atomic mass is 35.5. The van der Waals surface area contributed by atoms with Crippen LogP contribution in [0.15, 0.2) is 47.5 Å². The van der Waals surface area contributed by atoms with Crippen LogP contribution in [0.1, 0.15) is 29.6 Å². The van der Waals surface area contributed by atoms with Gasteiger partial charge >= 0.3 is 5.97 Å². The third kappa shape index (κ3) is 6.26. The van der Waals surface area contributed by atoms with Gasteiger partial charge in [0.1, 0.15) is 11.2 Å². The molecule has 2 heterocycles. The number of sulfonamides is 1. The number of carboxylic acids is 1. The molecule has 1 aromatic heterocycles. The molecule has 1 unspecified atom stereocenters. The Balaban J connectivity index is 1.62. The van der Waals surface area contributed by atoms with Crippen molar-refractivity contribution >= 4 is 56.0 Å². The molecule has 0 radical (unpaired) electrons. The lowest BCUT2D eigenvalue weighted by molar-refractivity contribution is -0.145. The predicted octanol–water partition coefficient (Wildman–Crippen LogP) is 1.60. The first-order valence-electron chi connectivity index (χ1n) is 11.8. The largest absolute Gasteiger partial charge is 0.478 e. The molecule has 1 saturated heterocycles. The van der Waals surface area contributed by atoms with Crippen LogP contribution in [0.25, 0.3) is 10.9 Å². The van der Waals surface area contributed by atoms with Gasteiger partial charge in [0.25, 0.3) is 5.91 Å². The van der Waals surface area contributed by atoms with Crippen molar-refractivity contribution in [2.24, 2.45) is 0 Å². The number of hydrogen-bond donors (Lipinski definition) is 7. The van der Waals surface area contributed by atoms with E-state index >= 15 is 0 Å². The molecule has 4 rings (SSSR count). The smallest absolute Gasteiger partial charge is 0.345 e. The lowest BCUT2D eigenvalue weighted by Gasteiger charge is -2.32. The maximum absolute atomic E-state index is 13.4. The van der Waals surface area contributed by atoms with Crippen LogP contribution < -0.4 is 26.0 Å². The Morgan fingerprint density at radius 2 is 1.76 bits per heavy atom. The maximum Gasteiger partial charge on any atom is 0.345 e. The fraction of sp³-hybridized carbons (Fsp3) is 0.348. The lowest BCUT2D eigenvalue weighted by atomic mass is 10.0. The topological polar surface area (TPSA) is 177 Å². The molecular weight excluding hydrogens is 557 g/mol. The zero-order valence-electron chi connectivity index (χ0n) is 20.1. The lowest BCUT2D eigenvalue weighted by Crippen LogP contribution is -2.65. The van der Waals surface area contributed by atoms with Crippen LogP contribution in [0.5, 0.6) is 0 Å². The Kier molecular flexibility index (Phi) is 8.88. The van der Waals surface area contributed by atoms with Gasteiger partial charge in [-0.15, -0.1) is 0 Å². The molecule has 1 amide bonds. The van der Waals surface area contributed by atoms with Crippen molar-refractivity contribution in [1.29, 1.82) is 0 Å². The summed E-state index contributed by atoms with van der Waals surface area (Å²) in [5.74, 6) is -2.39. The van der Waals surface area contributed by atoms with E-state index < -0.39 is 32.5 Å². The molecule has 0 spiro atoms. The number of unbranched alkanes of at least 4 members (excludes halogenated alkanes) is 1. The highest BCUT2D eigenvalue weighted by Gasteiger charge is 2.45. The Morgan fingerprint density at radius 3 is 2.45 bits per heavy atom. The molecule has 15 heteroatoms. The first kappa shape index (κ1) is 28.2. The average molecular weight is 584 g/mol. The van der Waals surface area contributed by atoms with Crippen molar-refractivity contribution in [3.05, 3.63) is 58.2 Å². The summed E-state index contributed by atoms with van der Waals surface area (Å²) in [6.07, 6.45) is 1.86. The number of halogens is 2. The van der Waals surface area contributed by atoms with Crippen LogP contribution in [-0.2, 0) is 14.8 Å². The van der Waals surface area contributed by atoms with E-state index in [0.29, 0.717) is 23.9 Å². The first-order valence-corrected chi connectivity index (χ1v) is 14.0. The number of benzene rings is 2. The van der Waals surface area contributed by atoms with Crippen molar-refractivity contribution in [3.8, 4) is 0 Å². The van der Waals surface area contributed by atoms with E-state index in [2.05, 4.69) is 36.2 Å². The number of carbonyl (C=O) groups excluding carboxylic acids is 1. The minimum atomic E-state index is -4.60. The van der Waals surface area contributed by atoms with Crippen LogP contribution >= 0.6 is 23.2 Å². The monoisotopic (exact) mass is 583 g/mol. The molecule has 1 aliphatic heterocycles. The summed E-state index contributed by atoms with van der Waals surface area (Å²) in [6, 6.07) is 8.89. The number of aliphatic carboxylic acids is 1. The van der Waals surface area contributed by atoms with Gasteiger partial charge in [-0.3, -0.25) is 25.8 Å². The SMILES string of the molecule is O=C(NC(CCCCNC1NCCN1)(NS(=O)(=O)c1c(Cl)cccc1Cl)C(=O)O)c1cccc2[nH]ncc12. The fourth-order valence-corrected chi connectivity index (χ4v) is 6.66. The van der Waals surface area contributed by atoms with E-state index in [-0.39, 0.29) is 34.7 Å². The molecular formula is C23H27Cl2N7O5S. The van der Waals surface area contributed by atoms with Crippen LogP contribution in [0.3, 0.4) is 0 Å². The van der Waals surface area contributed by atoms with Gasteiger partial charge in [-0.05, 0) is 50.1 Å². The van der Waals surface area contributed by atoms with Gasteiger partial charge in [0.2, 0.25) is 15.7 Å². The molecule has 1 fully saturated rings. The van der Waals surface area contributed by atoms with E-state index in [1.54, 1.807) is 12.1 Å². The number of amides is 1. The molecule has 7 N–H and O–H groups in total. The van der Waals surface area contributed by atoms with Crippen molar-refractivity contribution in [2.45, 2.75) is 36.1 Å². The van der Waals surface area contributed by atoms with Crippen LogP contribution in [0, 0.1) is 0 Å². The number of hydrogen-bond acceptors (Lipinski definition) is 8. The number of rotatable bonds is 12. The van der Waals surface area contributed by atoms with Crippen molar-refractivity contribution in [2.75, 3.05) is 19.6 Å². The zero-order chi connectivity index (χ0) is 27.3. The molecule has 1 atom stereocenters. The van der Waals surface area contributed by atoms with Gasteiger partial charge < -0.3 is 10.4 Å². The number of aromatic amines is 1.